The van der Waals surface area contributed by atoms with Gasteiger partial charge in [-0.05, 0) is 19.1 Å². The van der Waals surface area contributed by atoms with Gasteiger partial charge in [-0.1, -0.05) is 40.3 Å². The number of alkyl halides is 1. The summed E-state index contributed by atoms with van der Waals surface area (Å²) in [7, 11) is -3.84. The standard InChI is InChI=1S/C15H19IO7S/c1-10-2-4-11(5-3-10)24(17,18)23-7-13-15(22-9-20-13)14-12(6-16)19-8-21-14/h2-5,12-15H,6-9H2,1H3/t12-,13+,14-,15-/m0/s1. The molecule has 4 atom stereocenters. The van der Waals surface area contributed by atoms with Crippen molar-refractivity contribution < 1.29 is 31.5 Å². The topological polar surface area (TPSA) is 80.3 Å². The van der Waals surface area contributed by atoms with Gasteiger partial charge in [0.05, 0.1) is 17.6 Å². The van der Waals surface area contributed by atoms with Crippen molar-refractivity contribution in [3.05, 3.63) is 29.8 Å². The third-order valence-corrected chi connectivity index (χ3v) is 6.16. The molecule has 7 nitrogen and oxygen atoms in total. The van der Waals surface area contributed by atoms with Crippen LogP contribution in [0.5, 0.6) is 0 Å². The summed E-state index contributed by atoms with van der Waals surface area (Å²) in [5.41, 5.74) is 0.977. The van der Waals surface area contributed by atoms with Crippen molar-refractivity contribution >= 4 is 32.7 Å². The zero-order valence-electron chi connectivity index (χ0n) is 13.1. The van der Waals surface area contributed by atoms with Gasteiger partial charge in [0.15, 0.2) is 0 Å². The first-order valence-corrected chi connectivity index (χ1v) is 10.4. The molecule has 9 heteroatoms. The monoisotopic (exact) mass is 470 g/mol. The lowest BCUT2D eigenvalue weighted by Crippen LogP contribution is -2.44. The predicted octanol–water partition coefficient (Wildman–Crippen LogP) is 1.62. The van der Waals surface area contributed by atoms with E-state index < -0.39 is 22.3 Å². The predicted molar refractivity (Wildman–Crippen MR) is 92.4 cm³/mol. The highest BCUT2D eigenvalue weighted by molar-refractivity contribution is 14.1. The minimum Gasteiger partial charge on any atom is -0.349 e. The number of hydrogen-bond donors (Lipinski definition) is 0. The summed E-state index contributed by atoms with van der Waals surface area (Å²) in [6.45, 7) is 2.04. The highest BCUT2D eigenvalue weighted by Crippen LogP contribution is 2.27. The van der Waals surface area contributed by atoms with Gasteiger partial charge in [0.2, 0.25) is 0 Å². The maximum absolute atomic E-state index is 12.3. The van der Waals surface area contributed by atoms with E-state index in [1.165, 1.54) is 12.1 Å². The van der Waals surface area contributed by atoms with Crippen molar-refractivity contribution in [2.75, 3.05) is 24.6 Å². The fourth-order valence-corrected chi connectivity index (χ4v) is 4.31. The third kappa shape index (κ3) is 4.09. The highest BCUT2D eigenvalue weighted by Gasteiger charge is 2.44. The molecule has 2 aliphatic rings. The van der Waals surface area contributed by atoms with Gasteiger partial charge in [0, 0.05) is 4.43 Å². The number of aryl methyl sites for hydroxylation is 1. The van der Waals surface area contributed by atoms with Crippen LogP contribution in [0, 0.1) is 6.92 Å². The van der Waals surface area contributed by atoms with E-state index >= 15 is 0 Å². The van der Waals surface area contributed by atoms with E-state index in [1.54, 1.807) is 12.1 Å². The van der Waals surface area contributed by atoms with Gasteiger partial charge in [0.1, 0.15) is 31.9 Å². The van der Waals surface area contributed by atoms with Crippen molar-refractivity contribution in [3.8, 4) is 0 Å². The largest absolute Gasteiger partial charge is 0.349 e. The van der Waals surface area contributed by atoms with Crippen LogP contribution in [-0.2, 0) is 33.2 Å². The number of benzene rings is 1. The van der Waals surface area contributed by atoms with Crippen molar-refractivity contribution in [1.82, 2.24) is 0 Å². The highest BCUT2D eigenvalue weighted by atomic mass is 127. The summed E-state index contributed by atoms with van der Waals surface area (Å²) in [5.74, 6) is 0. The Hall–Kier alpha value is -0.300. The average molecular weight is 470 g/mol. The molecular weight excluding hydrogens is 451 g/mol. The first-order valence-electron chi connectivity index (χ1n) is 7.50. The number of rotatable bonds is 6. The quantitative estimate of drug-likeness (QED) is 0.355. The normalized spacial score (nSPS) is 30.8. The van der Waals surface area contributed by atoms with Crippen LogP contribution >= 0.6 is 22.6 Å². The third-order valence-electron chi connectivity index (χ3n) is 3.99. The molecule has 2 aliphatic heterocycles. The van der Waals surface area contributed by atoms with E-state index in [0.717, 1.165) is 9.99 Å². The van der Waals surface area contributed by atoms with Crippen molar-refractivity contribution in [2.24, 2.45) is 0 Å². The molecule has 0 spiro atoms. The molecule has 2 saturated heterocycles. The van der Waals surface area contributed by atoms with E-state index in [0.29, 0.717) is 0 Å². The summed E-state index contributed by atoms with van der Waals surface area (Å²) >= 11 is 2.21. The van der Waals surface area contributed by atoms with Gasteiger partial charge in [0.25, 0.3) is 10.1 Å². The molecule has 0 saturated carbocycles. The average Bonchev–Trinajstić information content (AvgIpc) is 3.21. The number of halogens is 1. The summed E-state index contributed by atoms with van der Waals surface area (Å²) < 4.78 is 52.5. The summed E-state index contributed by atoms with van der Waals surface area (Å²) in [6, 6.07) is 6.49. The Morgan fingerprint density at radius 1 is 1.04 bits per heavy atom. The van der Waals surface area contributed by atoms with Crippen molar-refractivity contribution in [2.45, 2.75) is 36.2 Å². The first-order chi connectivity index (χ1) is 11.5. The molecule has 0 N–H and O–H groups in total. The lowest BCUT2D eigenvalue weighted by Gasteiger charge is -2.24. The molecule has 1 aromatic carbocycles. The number of hydrogen-bond acceptors (Lipinski definition) is 7. The molecule has 0 aromatic heterocycles. The molecule has 0 unspecified atom stereocenters. The van der Waals surface area contributed by atoms with Crippen LogP contribution in [0.2, 0.25) is 0 Å². The molecule has 0 radical (unpaired) electrons. The van der Waals surface area contributed by atoms with Crippen molar-refractivity contribution in [3.63, 3.8) is 0 Å². The minimum atomic E-state index is -3.84. The van der Waals surface area contributed by atoms with Crippen LogP contribution in [0.4, 0.5) is 0 Å². The second kappa shape index (κ2) is 7.94. The minimum absolute atomic E-state index is 0.0805. The van der Waals surface area contributed by atoms with Crippen LogP contribution in [0.3, 0.4) is 0 Å². The lowest BCUT2D eigenvalue weighted by molar-refractivity contribution is -0.0324. The van der Waals surface area contributed by atoms with Gasteiger partial charge < -0.3 is 18.9 Å². The maximum atomic E-state index is 12.3. The zero-order valence-corrected chi connectivity index (χ0v) is 16.1. The molecule has 3 rings (SSSR count). The molecule has 24 heavy (non-hydrogen) atoms. The van der Waals surface area contributed by atoms with Gasteiger partial charge >= 0.3 is 0 Å². The maximum Gasteiger partial charge on any atom is 0.297 e. The molecule has 1 aromatic rings. The molecule has 134 valence electrons. The Labute approximate surface area is 154 Å². The molecule has 2 fully saturated rings. The van der Waals surface area contributed by atoms with E-state index in [2.05, 4.69) is 22.6 Å². The second-order valence-corrected chi connectivity index (χ2v) is 8.11. The van der Waals surface area contributed by atoms with E-state index in [9.17, 15) is 8.42 Å². The first kappa shape index (κ1) is 18.5. The van der Waals surface area contributed by atoms with Gasteiger partial charge in [-0.3, -0.25) is 4.18 Å². The van der Waals surface area contributed by atoms with E-state index in [-0.39, 0.29) is 37.3 Å². The zero-order chi connectivity index (χ0) is 17.2. The smallest absolute Gasteiger partial charge is 0.297 e. The summed E-state index contributed by atoms with van der Waals surface area (Å²) in [5, 5.41) is 0. The lowest BCUT2D eigenvalue weighted by atomic mass is 10.0. The van der Waals surface area contributed by atoms with E-state index in [1.807, 2.05) is 6.92 Å². The van der Waals surface area contributed by atoms with Gasteiger partial charge in [-0.15, -0.1) is 0 Å². The van der Waals surface area contributed by atoms with Crippen LogP contribution in [-0.4, -0.2) is 57.5 Å². The molecule has 0 amide bonds. The van der Waals surface area contributed by atoms with Gasteiger partial charge in [-0.25, -0.2) is 0 Å². The fraction of sp³-hybridized carbons (Fsp3) is 0.600. The Kier molecular flexibility index (Phi) is 6.11. The SMILES string of the molecule is Cc1ccc(S(=O)(=O)OC[C@H]2OCO[C@@H]2[C@H]2OCO[C@H]2CI)cc1. The molecule has 2 heterocycles. The van der Waals surface area contributed by atoms with Gasteiger partial charge in [-0.2, -0.15) is 8.42 Å². The molecule has 0 bridgehead atoms. The van der Waals surface area contributed by atoms with Crippen molar-refractivity contribution in [1.29, 1.82) is 0 Å². The second-order valence-electron chi connectivity index (χ2n) is 5.61. The van der Waals surface area contributed by atoms with Crippen LogP contribution in [0.25, 0.3) is 0 Å². The van der Waals surface area contributed by atoms with Crippen LogP contribution in [0.15, 0.2) is 29.2 Å². The Bertz CT molecular complexity index is 648. The van der Waals surface area contributed by atoms with Crippen LogP contribution < -0.4 is 0 Å². The Balaban J connectivity index is 1.63. The van der Waals surface area contributed by atoms with E-state index in [4.69, 9.17) is 23.1 Å². The Morgan fingerprint density at radius 3 is 2.25 bits per heavy atom. The van der Waals surface area contributed by atoms with Crippen LogP contribution in [0.1, 0.15) is 5.56 Å². The summed E-state index contributed by atoms with van der Waals surface area (Å²) in [4.78, 5) is 0.120. The Morgan fingerprint density at radius 2 is 1.62 bits per heavy atom. The molecule has 0 aliphatic carbocycles. The fourth-order valence-electron chi connectivity index (χ4n) is 2.63. The number of ether oxygens (including phenoxy) is 4. The summed E-state index contributed by atoms with van der Waals surface area (Å²) in [6.07, 6.45) is -1.34. The molecular formula is C15H19IO7S.